The average Bonchev–Trinajstić information content (AvgIpc) is 2.63. The second kappa shape index (κ2) is 7.48. The topological polar surface area (TPSA) is 66.9 Å². The van der Waals surface area contributed by atoms with Crippen LogP contribution in [0, 0.1) is 11.6 Å². The molecule has 0 atom stereocenters. The van der Waals surface area contributed by atoms with E-state index in [0.717, 1.165) is 17.8 Å². The molecule has 2 N–H and O–H groups in total. The smallest absolute Gasteiger partial charge is 0.270 e. The van der Waals surface area contributed by atoms with Crippen LogP contribution >= 0.6 is 0 Å². The first-order chi connectivity index (χ1) is 12.1. The van der Waals surface area contributed by atoms with Crippen LogP contribution in [0.15, 0.2) is 60.9 Å². The Labute approximate surface area is 142 Å². The molecule has 0 saturated carbocycles. The summed E-state index contributed by atoms with van der Waals surface area (Å²) in [5.41, 5.74) is 1.56. The Morgan fingerprint density at radius 2 is 1.92 bits per heavy atom. The Morgan fingerprint density at radius 3 is 2.60 bits per heavy atom. The molecule has 0 unspecified atom stereocenters. The van der Waals surface area contributed by atoms with Crippen LogP contribution in [0.3, 0.4) is 0 Å². The van der Waals surface area contributed by atoms with Crippen molar-refractivity contribution in [3.8, 4) is 0 Å². The molecule has 5 nitrogen and oxygen atoms in total. The Hall–Kier alpha value is -3.35. The summed E-state index contributed by atoms with van der Waals surface area (Å²) in [5, 5.41) is 5.49. The Morgan fingerprint density at radius 1 is 1.04 bits per heavy atom. The van der Waals surface area contributed by atoms with Crippen molar-refractivity contribution in [3.05, 3.63) is 83.9 Å². The third kappa shape index (κ3) is 4.35. The second-order valence-corrected chi connectivity index (χ2v) is 5.19. The van der Waals surface area contributed by atoms with Gasteiger partial charge in [0.2, 0.25) is 0 Å². The van der Waals surface area contributed by atoms with E-state index in [9.17, 15) is 13.6 Å². The van der Waals surface area contributed by atoms with E-state index in [1.54, 1.807) is 24.4 Å². The van der Waals surface area contributed by atoms with Gasteiger partial charge in [-0.2, -0.15) is 0 Å². The highest BCUT2D eigenvalue weighted by Crippen LogP contribution is 2.20. The van der Waals surface area contributed by atoms with E-state index >= 15 is 0 Å². The molecule has 0 saturated heterocycles. The third-order valence-electron chi connectivity index (χ3n) is 3.36. The molecule has 3 rings (SSSR count). The zero-order chi connectivity index (χ0) is 17.6. The van der Waals surface area contributed by atoms with Crippen LogP contribution in [-0.2, 0) is 6.54 Å². The lowest BCUT2D eigenvalue weighted by Crippen LogP contribution is -2.24. The number of amides is 1. The number of pyridine rings is 2. The summed E-state index contributed by atoms with van der Waals surface area (Å²) in [7, 11) is 0. The lowest BCUT2D eigenvalue weighted by Gasteiger charge is -2.08. The number of rotatable bonds is 5. The van der Waals surface area contributed by atoms with Crippen molar-refractivity contribution in [3.63, 3.8) is 0 Å². The fourth-order valence-electron chi connectivity index (χ4n) is 2.11. The fourth-order valence-corrected chi connectivity index (χ4v) is 2.11. The van der Waals surface area contributed by atoms with Gasteiger partial charge in [-0.15, -0.1) is 0 Å². The predicted molar refractivity (Wildman–Crippen MR) is 89.3 cm³/mol. The molecule has 2 aromatic heterocycles. The lowest BCUT2D eigenvalue weighted by atomic mass is 10.2. The second-order valence-electron chi connectivity index (χ2n) is 5.19. The Balaban J connectivity index is 1.62. The van der Waals surface area contributed by atoms with Crippen molar-refractivity contribution in [2.75, 3.05) is 5.32 Å². The van der Waals surface area contributed by atoms with E-state index in [1.807, 2.05) is 6.07 Å². The minimum atomic E-state index is -0.711. The Kier molecular flexibility index (Phi) is 4.94. The number of nitrogens with zero attached hydrogens (tertiary/aromatic N) is 2. The van der Waals surface area contributed by atoms with Gasteiger partial charge in [-0.05, 0) is 36.4 Å². The highest BCUT2D eigenvalue weighted by Gasteiger charge is 2.08. The maximum Gasteiger partial charge on any atom is 0.270 e. The normalized spacial score (nSPS) is 10.3. The van der Waals surface area contributed by atoms with Crippen LogP contribution in [0.5, 0.6) is 0 Å². The van der Waals surface area contributed by atoms with E-state index < -0.39 is 11.6 Å². The number of halogens is 2. The number of aromatic nitrogens is 2. The van der Waals surface area contributed by atoms with Gasteiger partial charge in [-0.3, -0.25) is 9.78 Å². The van der Waals surface area contributed by atoms with Gasteiger partial charge in [-0.1, -0.05) is 6.07 Å². The molecule has 0 aliphatic carbocycles. The summed E-state index contributed by atoms with van der Waals surface area (Å²) in [5.74, 6) is -1.71. The fraction of sp³-hybridized carbons (Fsp3) is 0.0556. The van der Waals surface area contributed by atoms with Crippen molar-refractivity contribution >= 4 is 17.3 Å². The van der Waals surface area contributed by atoms with E-state index in [0.29, 0.717) is 12.2 Å². The minimum Gasteiger partial charge on any atom is -0.352 e. The molecule has 1 aromatic carbocycles. The van der Waals surface area contributed by atoms with E-state index in [4.69, 9.17) is 0 Å². The summed E-state index contributed by atoms with van der Waals surface area (Å²) in [4.78, 5) is 20.2. The molecule has 0 aliphatic heterocycles. The van der Waals surface area contributed by atoms with Crippen molar-refractivity contribution < 1.29 is 13.6 Å². The number of nitrogens with one attached hydrogen (secondary N) is 2. The lowest BCUT2D eigenvalue weighted by molar-refractivity contribution is 0.0945. The standard InChI is InChI=1S/C18H14F2N4O/c19-12-4-6-16(15(20)9-12)24-14-5-7-17(22-11-14)18(25)23-10-13-3-1-2-8-21-13/h1-9,11,24H,10H2,(H,23,25). The number of benzene rings is 1. The first kappa shape index (κ1) is 16.5. The molecule has 7 heteroatoms. The van der Waals surface area contributed by atoms with Crippen molar-refractivity contribution in [2.45, 2.75) is 6.54 Å². The van der Waals surface area contributed by atoms with Gasteiger partial charge in [0.25, 0.3) is 5.91 Å². The molecule has 0 fully saturated rings. The number of anilines is 2. The number of carbonyl (C=O) groups is 1. The maximum atomic E-state index is 13.6. The molecule has 0 aliphatic rings. The van der Waals surface area contributed by atoms with Gasteiger partial charge >= 0.3 is 0 Å². The number of hydrogen-bond donors (Lipinski definition) is 2. The highest BCUT2D eigenvalue weighted by molar-refractivity contribution is 5.92. The first-order valence-corrected chi connectivity index (χ1v) is 7.48. The van der Waals surface area contributed by atoms with Crippen molar-refractivity contribution in [1.82, 2.24) is 15.3 Å². The van der Waals surface area contributed by atoms with E-state index in [2.05, 4.69) is 20.6 Å². The summed E-state index contributed by atoms with van der Waals surface area (Å²) < 4.78 is 26.5. The van der Waals surface area contributed by atoms with Crippen LogP contribution in [0.4, 0.5) is 20.2 Å². The monoisotopic (exact) mass is 340 g/mol. The van der Waals surface area contributed by atoms with Crippen molar-refractivity contribution in [2.24, 2.45) is 0 Å². The Bertz CT molecular complexity index is 870. The summed E-state index contributed by atoms with van der Waals surface area (Å²) in [6.07, 6.45) is 3.05. The SMILES string of the molecule is O=C(NCc1ccccn1)c1ccc(Nc2ccc(F)cc2F)cn1. The number of carbonyl (C=O) groups excluding carboxylic acids is 1. The van der Waals surface area contributed by atoms with E-state index in [1.165, 1.54) is 18.3 Å². The average molecular weight is 340 g/mol. The molecule has 126 valence electrons. The zero-order valence-corrected chi connectivity index (χ0v) is 13.0. The molecule has 3 aromatic rings. The van der Waals surface area contributed by atoms with E-state index in [-0.39, 0.29) is 17.3 Å². The van der Waals surface area contributed by atoms with Gasteiger partial charge in [0.05, 0.1) is 29.8 Å². The zero-order valence-electron chi connectivity index (χ0n) is 13.0. The largest absolute Gasteiger partial charge is 0.352 e. The summed E-state index contributed by atoms with van der Waals surface area (Å²) in [6, 6.07) is 11.8. The maximum absolute atomic E-state index is 13.6. The highest BCUT2D eigenvalue weighted by atomic mass is 19.1. The summed E-state index contributed by atoms with van der Waals surface area (Å²) in [6.45, 7) is 0.294. The molecule has 25 heavy (non-hydrogen) atoms. The predicted octanol–water partition coefficient (Wildman–Crippen LogP) is 3.43. The third-order valence-corrected chi connectivity index (χ3v) is 3.36. The minimum absolute atomic E-state index is 0.121. The van der Waals surface area contributed by atoms with Crippen LogP contribution in [-0.4, -0.2) is 15.9 Å². The van der Waals surface area contributed by atoms with Crippen LogP contribution in [0.2, 0.25) is 0 Å². The van der Waals surface area contributed by atoms with Crippen LogP contribution in [0.25, 0.3) is 0 Å². The van der Waals surface area contributed by atoms with Gasteiger partial charge in [0.1, 0.15) is 17.3 Å². The molecular weight excluding hydrogens is 326 g/mol. The molecule has 0 bridgehead atoms. The summed E-state index contributed by atoms with van der Waals surface area (Å²) >= 11 is 0. The molecule has 0 radical (unpaired) electrons. The molecule has 2 heterocycles. The van der Waals surface area contributed by atoms with Crippen LogP contribution < -0.4 is 10.6 Å². The number of hydrogen-bond acceptors (Lipinski definition) is 4. The van der Waals surface area contributed by atoms with Gasteiger partial charge in [0, 0.05) is 12.3 Å². The van der Waals surface area contributed by atoms with Gasteiger partial charge < -0.3 is 10.6 Å². The molecule has 0 spiro atoms. The van der Waals surface area contributed by atoms with Crippen molar-refractivity contribution in [1.29, 1.82) is 0 Å². The van der Waals surface area contributed by atoms with Crippen LogP contribution in [0.1, 0.15) is 16.2 Å². The first-order valence-electron chi connectivity index (χ1n) is 7.48. The van der Waals surface area contributed by atoms with Gasteiger partial charge in [0.15, 0.2) is 0 Å². The molecular formula is C18H14F2N4O. The molecule has 1 amide bonds. The van der Waals surface area contributed by atoms with Gasteiger partial charge in [-0.25, -0.2) is 13.8 Å². The quantitative estimate of drug-likeness (QED) is 0.747.